The van der Waals surface area contributed by atoms with Crippen molar-refractivity contribution in [3.05, 3.63) is 40.3 Å². The van der Waals surface area contributed by atoms with Gasteiger partial charge in [0.1, 0.15) is 0 Å². The van der Waals surface area contributed by atoms with Crippen LogP contribution in [-0.2, 0) is 19.6 Å². The topological polar surface area (TPSA) is 72.5 Å². The predicted octanol–water partition coefficient (Wildman–Crippen LogP) is 2.57. The van der Waals surface area contributed by atoms with Crippen LogP contribution in [0.5, 0.6) is 0 Å². The summed E-state index contributed by atoms with van der Waals surface area (Å²) in [7, 11) is -3.52. The van der Waals surface area contributed by atoms with Crippen LogP contribution in [0.3, 0.4) is 0 Å². The second-order valence-electron chi connectivity index (χ2n) is 4.20. The van der Waals surface area contributed by atoms with E-state index in [1.54, 1.807) is 31.2 Å². The van der Waals surface area contributed by atoms with Gasteiger partial charge in [-0.3, -0.25) is 4.79 Å². The molecule has 0 amide bonds. The van der Waals surface area contributed by atoms with Gasteiger partial charge in [-0.05, 0) is 37.1 Å². The molecule has 0 radical (unpaired) electrons. The predicted molar refractivity (Wildman–Crippen MR) is 83.3 cm³/mol. The van der Waals surface area contributed by atoms with Crippen molar-refractivity contribution in [1.82, 2.24) is 4.72 Å². The molecular formula is C14H18ClNO4S. The summed E-state index contributed by atoms with van der Waals surface area (Å²) in [6, 6.07) is 6.80. The standard InChI is InChI=1S/C14H18ClNO4S/c1-2-20-14(17)4-3-10-16-21(18,19)11-9-12-5-7-13(15)8-6-12/h5-9,11,16H,2-4,10H2,1H3. The summed E-state index contributed by atoms with van der Waals surface area (Å²) in [5, 5.41) is 1.67. The summed E-state index contributed by atoms with van der Waals surface area (Å²) in [4.78, 5) is 11.1. The Morgan fingerprint density at radius 1 is 1.33 bits per heavy atom. The molecule has 0 atom stereocenters. The van der Waals surface area contributed by atoms with Crippen LogP contribution in [0.1, 0.15) is 25.3 Å². The third-order valence-electron chi connectivity index (χ3n) is 2.48. The van der Waals surface area contributed by atoms with Gasteiger partial charge in [-0.15, -0.1) is 0 Å². The maximum absolute atomic E-state index is 11.7. The Bertz CT molecular complexity index is 581. The van der Waals surface area contributed by atoms with E-state index in [0.29, 0.717) is 18.1 Å². The smallest absolute Gasteiger partial charge is 0.305 e. The lowest BCUT2D eigenvalue weighted by atomic mass is 10.2. The van der Waals surface area contributed by atoms with Crippen LogP contribution in [0.25, 0.3) is 6.08 Å². The molecule has 0 aliphatic carbocycles. The molecule has 0 bridgehead atoms. The van der Waals surface area contributed by atoms with Crippen LogP contribution in [0, 0.1) is 0 Å². The highest BCUT2D eigenvalue weighted by atomic mass is 35.5. The van der Waals surface area contributed by atoms with Gasteiger partial charge in [0.2, 0.25) is 10.0 Å². The van der Waals surface area contributed by atoms with Crippen LogP contribution >= 0.6 is 11.6 Å². The van der Waals surface area contributed by atoms with Gasteiger partial charge in [-0.1, -0.05) is 23.7 Å². The van der Waals surface area contributed by atoms with Crippen molar-refractivity contribution in [3.63, 3.8) is 0 Å². The number of carbonyl (C=O) groups is 1. The number of benzene rings is 1. The zero-order valence-electron chi connectivity index (χ0n) is 11.7. The summed E-state index contributed by atoms with van der Waals surface area (Å²) in [6.45, 7) is 2.24. The van der Waals surface area contributed by atoms with Gasteiger partial charge in [0.25, 0.3) is 0 Å². The molecule has 0 aromatic heterocycles. The summed E-state index contributed by atoms with van der Waals surface area (Å²) < 4.78 is 30.5. The van der Waals surface area contributed by atoms with E-state index >= 15 is 0 Å². The quantitative estimate of drug-likeness (QED) is 0.587. The molecule has 1 aromatic rings. The fourth-order valence-corrected chi connectivity index (χ4v) is 2.46. The first-order valence-corrected chi connectivity index (χ1v) is 8.44. The SMILES string of the molecule is CCOC(=O)CCCNS(=O)(=O)C=Cc1ccc(Cl)cc1. The van der Waals surface area contributed by atoms with Crippen LogP contribution in [-0.4, -0.2) is 27.5 Å². The lowest BCUT2D eigenvalue weighted by Crippen LogP contribution is -2.23. The van der Waals surface area contributed by atoms with Crippen LogP contribution in [0.4, 0.5) is 0 Å². The maximum Gasteiger partial charge on any atom is 0.305 e. The van der Waals surface area contributed by atoms with E-state index < -0.39 is 10.0 Å². The van der Waals surface area contributed by atoms with Crippen LogP contribution in [0.2, 0.25) is 5.02 Å². The average molecular weight is 332 g/mol. The lowest BCUT2D eigenvalue weighted by Gasteiger charge is -2.03. The Hall–Kier alpha value is -1.37. The zero-order valence-corrected chi connectivity index (χ0v) is 13.3. The Morgan fingerprint density at radius 3 is 2.62 bits per heavy atom. The van der Waals surface area contributed by atoms with E-state index in [1.165, 1.54) is 6.08 Å². The van der Waals surface area contributed by atoms with Crippen molar-refractivity contribution in [3.8, 4) is 0 Å². The van der Waals surface area contributed by atoms with Gasteiger partial charge in [-0.25, -0.2) is 13.1 Å². The minimum Gasteiger partial charge on any atom is -0.466 e. The normalized spacial score (nSPS) is 11.7. The van der Waals surface area contributed by atoms with E-state index in [9.17, 15) is 13.2 Å². The largest absolute Gasteiger partial charge is 0.466 e. The molecular weight excluding hydrogens is 314 g/mol. The van der Waals surface area contributed by atoms with Gasteiger partial charge in [-0.2, -0.15) is 0 Å². The molecule has 5 nitrogen and oxygen atoms in total. The van der Waals surface area contributed by atoms with Gasteiger partial charge in [0.05, 0.1) is 6.61 Å². The highest BCUT2D eigenvalue weighted by Crippen LogP contribution is 2.11. The number of hydrogen-bond donors (Lipinski definition) is 1. The van der Waals surface area contributed by atoms with Crippen molar-refractivity contribution < 1.29 is 17.9 Å². The van der Waals surface area contributed by atoms with E-state index in [4.69, 9.17) is 16.3 Å². The Morgan fingerprint density at radius 2 is 2.00 bits per heavy atom. The number of halogens is 1. The molecule has 1 aromatic carbocycles. The first kappa shape index (κ1) is 17.7. The van der Waals surface area contributed by atoms with Crippen LogP contribution < -0.4 is 4.72 Å². The molecule has 21 heavy (non-hydrogen) atoms. The van der Waals surface area contributed by atoms with Crippen molar-refractivity contribution in [2.24, 2.45) is 0 Å². The molecule has 0 unspecified atom stereocenters. The van der Waals surface area contributed by atoms with Crippen molar-refractivity contribution in [2.45, 2.75) is 19.8 Å². The van der Waals surface area contributed by atoms with Crippen LogP contribution in [0.15, 0.2) is 29.7 Å². The number of nitrogens with one attached hydrogen (secondary N) is 1. The first-order valence-electron chi connectivity index (χ1n) is 6.52. The van der Waals surface area contributed by atoms with E-state index in [1.807, 2.05) is 0 Å². The molecule has 7 heteroatoms. The summed E-state index contributed by atoms with van der Waals surface area (Å²) >= 11 is 5.74. The average Bonchev–Trinajstić information content (AvgIpc) is 2.43. The fraction of sp³-hybridized carbons (Fsp3) is 0.357. The third-order valence-corrected chi connectivity index (χ3v) is 3.83. The lowest BCUT2D eigenvalue weighted by molar-refractivity contribution is -0.143. The van der Waals surface area contributed by atoms with Crippen molar-refractivity contribution in [1.29, 1.82) is 0 Å². The maximum atomic E-state index is 11.7. The number of sulfonamides is 1. The van der Waals surface area contributed by atoms with E-state index in [2.05, 4.69) is 4.72 Å². The highest BCUT2D eigenvalue weighted by Gasteiger charge is 2.06. The van der Waals surface area contributed by atoms with E-state index in [0.717, 1.165) is 11.0 Å². The molecule has 0 heterocycles. The first-order chi connectivity index (χ1) is 9.93. The second kappa shape index (κ2) is 8.81. The van der Waals surface area contributed by atoms with Crippen molar-refractivity contribution >= 4 is 33.7 Å². The number of hydrogen-bond acceptors (Lipinski definition) is 4. The fourth-order valence-electron chi connectivity index (χ4n) is 1.47. The highest BCUT2D eigenvalue weighted by molar-refractivity contribution is 7.92. The summed E-state index contributed by atoms with van der Waals surface area (Å²) in [5.41, 5.74) is 0.733. The van der Waals surface area contributed by atoms with Crippen molar-refractivity contribution in [2.75, 3.05) is 13.2 Å². The second-order valence-corrected chi connectivity index (χ2v) is 6.29. The van der Waals surface area contributed by atoms with Gasteiger partial charge in [0, 0.05) is 23.4 Å². The van der Waals surface area contributed by atoms with Gasteiger partial charge < -0.3 is 4.74 Å². The molecule has 116 valence electrons. The zero-order chi connectivity index (χ0) is 15.7. The molecule has 1 N–H and O–H groups in total. The summed E-state index contributed by atoms with van der Waals surface area (Å²) in [6.07, 6.45) is 2.06. The third kappa shape index (κ3) is 7.84. The molecule has 0 aliphatic heterocycles. The Labute approximate surface area is 130 Å². The van der Waals surface area contributed by atoms with Gasteiger partial charge in [0.15, 0.2) is 0 Å². The number of rotatable bonds is 8. The van der Waals surface area contributed by atoms with Gasteiger partial charge >= 0.3 is 5.97 Å². The molecule has 0 saturated heterocycles. The molecule has 0 fully saturated rings. The monoisotopic (exact) mass is 331 g/mol. The minimum atomic E-state index is -3.52. The number of esters is 1. The molecule has 1 rings (SSSR count). The molecule has 0 saturated carbocycles. The Balaban J connectivity index is 2.40. The van der Waals surface area contributed by atoms with E-state index in [-0.39, 0.29) is 18.9 Å². The minimum absolute atomic E-state index is 0.187. The molecule has 0 aliphatic rings. The molecule has 0 spiro atoms. The summed E-state index contributed by atoms with van der Waals surface area (Å²) in [5.74, 6) is -0.326. The number of carbonyl (C=O) groups excluding carboxylic acids is 1. The Kier molecular flexibility index (Phi) is 7.42. The number of ether oxygens (including phenoxy) is 1.